The van der Waals surface area contributed by atoms with E-state index in [-0.39, 0.29) is 5.92 Å². The van der Waals surface area contributed by atoms with Crippen LogP contribution in [0.4, 0.5) is 5.69 Å². The molecule has 0 saturated heterocycles. The Morgan fingerprint density at radius 3 is 2.58 bits per heavy atom. The van der Waals surface area contributed by atoms with Crippen molar-refractivity contribution >= 4 is 23.2 Å². The molecule has 3 heteroatoms. The lowest BCUT2D eigenvalue weighted by Gasteiger charge is -2.18. The number of nitriles is 1. The smallest absolute Gasteiger partial charge is 0.110 e. The second kappa shape index (κ2) is 5.29. The second-order valence-electron chi connectivity index (χ2n) is 4.33. The maximum atomic E-state index is 9.44. The summed E-state index contributed by atoms with van der Waals surface area (Å²) in [5.41, 5.74) is 2.94. The van der Waals surface area contributed by atoms with Crippen LogP contribution in [0.3, 0.4) is 0 Å². The first kappa shape index (κ1) is 12.0. The molecule has 1 aliphatic heterocycles. The van der Waals surface area contributed by atoms with Crippen LogP contribution in [0, 0.1) is 11.3 Å². The minimum Gasteiger partial charge on any atom is -0.254 e. The van der Waals surface area contributed by atoms with Crippen molar-refractivity contribution in [3.05, 3.63) is 60.2 Å². The van der Waals surface area contributed by atoms with E-state index in [1.165, 1.54) is 4.90 Å². The van der Waals surface area contributed by atoms with E-state index in [1.54, 1.807) is 11.8 Å². The van der Waals surface area contributed by atoms with Gasteiger partial charge in [-0.25, -0.2) is 0 Å². The molecule has 92 valence electrons. The number of fused-ring (bicyclic) bond motifs is 1. The Balaban J connectivity index is 1.99. The van der Waals surface area contributed by atoms with Crippen LogP contribution < -0.4 is 0 Å². The van der Waals surface area contributed by atoms with E-state index < -0.39 is 0 Å². The number of nitrogens with zero attached hydrogens (tertiary/aromatic N) is 2. The zero-order chi connectivity index (χ0) is 13.1. The lowest BCUT2D eigenvalue weighted by atomic mass is 9.96. The van der Waals surface area contributed by atoms with E-state index in [1.807, 2.05) is 48.5 Å². The molecule has 0 N–H and O–H groups in total. The van der Waals surface area contributed by atoms with Gasteiger partial charge >= 0.3 is 0 Å². The number of rotatable bonds is 2. The fourth-order valence-electron chi connectivity index (χ4n) is 2.15. The third-order valence-electron chi connectivity index (χ3n) is 3.10. The Hall–Kier alpha value is -2.05. The summed E-state index contributed by atoms with van der Waals surface area (Å²) in [6, 6.07) is 20.3. The van der Waals surface area contributed by atoms with Gasteiger partial charge < -0.3 is 0 Å². The molecule has 1 atom stereocenters. The molecule has 0 bridgehead atoms. The maximum absolute atomic E-state index is 9.44. The molecular weight excluding hydrogens is 252 g/mol. The van der Waals surface area contributed by atoms with Gasteiger partial charge in [0.25, 0.3) is 0 Å². The fraction of sp³-hybridized carbons (Fsp3) is 0.125. The SMILES string of the molecule is N#CC(C1=Nc2ccccc2SC1)c1ccccc1. The van der Waals surface area contributed by atoms with Gasteiger partial charge in [0.05, 0.1) is 17.5 Å². The van der Waals surface area contributed by atoms with Gasteiger partial charge in [0.15, 0.2) is 0 Å². The molecular formula is C16H12N2S. The zero-order valence-corrected chi connectivity index (χ0v) is 11.1. The van der Waals surface area contributed by atoms with Crippen LogP contribution in [0.25, 0.3) is 0 Å². The van der Waals surface area contributed by atoms with Gasteiger partial charge in [0.2, 0.25) is 0 Å². The molecule has 0 aliphatic carbocycles. The van der Waals surface area contributed by atoms with E-state index in [9.17, 15) is 5.26 Å². The van der Waals surface area contributed by atoms with E-state index in [2.05, 4.69) is 17.1 Å². The number of benzene rings is 2. The van der Waals surface area contributed by atoms with Gasteiger partial charge in [-0.15, -0.1) is 11.8 Å². The molecule has 0 fully saturated rings. The van der Waals surface area contributed by atoms with Crippen molar-refractivity contribution in [2.45, 2.75) is 10.8 Å². The third-order valence-corrected chi connectivity index (χ3v) is 4.20. The third kappa shape index (κ3) is 2.40. The number of para-hydroxylation sites is 1. The van der Waals surface area contributed by atoms with E-state index in [4.69, 9.17) is 0 Å². The average Bonchev–Trinajstić information content (AvgIpc) is 2.49. The Kier molecular flexibility index (Phi) is 3.35. The van der Waals surface area contributed by atoms with Crippen molar-refractivity contribution in [1.29, 1.82) is 5.26 Å². The molecule has 2 nitrogen and oxygen atoms in total. The first-order valence-corrected chi connectivity index (χ1v) is 7.11. The van der Waals surface area contributed by atoms with Gasteiger partial charge in [0.1, 0.15) is 5.92 Å². The van der Waals surface area contributed by atoms with Gasteiger partial charge in [-0.3, -0.25) is 4.99 Å². The van der Waals surface area contributed by atoms with Crippen LogP contribution >= 0.6 is 11.8 Å². The Morgan fingerprint density at radius 1 is 1.05 bits per heavy atom. The summed E-state index contributed by atoms with van der Waals surface area (Å²) in [6.07, 6.45) is 0. The Bertz CT molecular complexity index is 656. The summed E-state index contributed by atoms with van der Waals surface area (Å²) >= 11 is 1.75. The van der Waals surface area contributed by atoms with Gasteiger partial charge in [-0.05, 0) is 17.7 Å². The quantitative estimate of drug-likeness (QED) is 0.816. The number of hydrogen-bond donors (Lipinski definition) is 0. The van der Waals surface area contributed by atoms with Gasteiger partial charge in [-0.1, -0.05) is 42.5 Å². The van der Waals surface area contributed by atoms with E-state index in [0.29, 0.717) is 0 Å². The standard InChI is InChI=1S/C16H12N2S/c17-10-13(12-6-2-1-3-7-12)15-11-19-16-9-5-4-8-14(16)18-15/h1-9,13H,11H2. The van der Waals surface area contributed by atoms with Crippen molar-refractivity contribution < 1.29 is 0 Å². The first-order chi connectivity index (χ1) is 9.38. The summed E-state index contributed by atoms with van der Waals surface area (Å²) in [6.45, 7) is 0. The van der Waals surface area contributed by atoms with Crippen LogP contribution in [0.5, 0.6) is 0 Å². The minimum atomic E-state index is -0.248. The van der Waals surface area contributed by atoms with Crippen LogP contribution in [0.15, 0.2) is 64.5 Å². The molecule has 1 heterocycles. The predicted octanol–water partition coefficient (Wildman–Crippen LogP) is 4.17. The number of thioether (sulfide) groups is 1. The number of aliphatic imine (C=N–C) groups is 1. The van der Waals surface area contributed by atoms with Crippen molar-refractivity contribution in [1.82, 2.24) is 0 Å². The Morgan fingerprint density at radius 2 is 1.79 bits per heavy atom. The predicted molar refractivity (Wildman–Crippen MR) is 79.1 cm³/mol. The molecule has 0 amide bonds. The molecule has 0 aromatic heterocycles. The molecule has 0 saturated carbocycles. The monoisotopic (exact) mass is 264 g/mol. The van der Waals surface area contributed by atoms with E-state index >= 15 is 0 Å². The van der Waals surface area contributed by atoms with E-state index in [0.717, 1.165) is 22.7 Å². The highest BCUT2D eigenvalue weighted by atomic mass is 32.2. The highest BCUT2D eigenvalue weighted by Crippen LogP contribution is 2.36. The molecule has 2 aromatic carbocycles. The van der Waals surface area contributed by atoms with Crippen molar-refractivity contribution in [3.8, 4) is 6.07 Å². The van der Waals surface area contributed by atoms with Crippen LogP contribution in [0.2, 0.25) is 0 Å². The van der Waals surface area contributed by atoms with Crippen molar-refractivity contribution in [3.63, 3.8) is 0 Å². The summed E-state index contributed by atoms with van der Waals surface area (Å²) < 4.78 is 0. The largest absolute Gasteiger partial charge is 0.254 e. The normalized spacial score (nSPS) is 15.0. The zero-order valence-electron chi connectivity index (χ0n) is 10.3. The lowest BCUT2D eigenvalue weighted by molar-refractivity contribution is 1.12. The maximum Gasteiger partial charge on any atom is 0.110 e. The fourth-order valence-corrected chi connectivity index (χ4v) is 3.12. The second-order valence-corrected chi connectivity index (χ2v) is 5.35. The first-order valence-electron chi connectivity index (χ1n) is 6.12. The topological polar surface area (TPSA) is 36.1 Å². The number of hydrogen-bond acceptors (Lipinski definition) is 3. The van der Waals surface area contributed by atoms with Crippen LogP contribution in [-0.4, -0.2) is 11.5 Å². The Labute approximate surface area is 116 Å². The summed E-state index contributed by atoms with van der Waals surface area (Å²) in [4.78, 5) is 5.86. The summed E-state index contributed by atoms with van der Waals surface area (Å²) in [7, 11) is 0. The minimum absolute atomic E-state index is 0.248. The van der Waals surface area contributed by atoms with Crippen molar-refractivity contribution in [2.24, 2.45) is 4.99 Å². The molecule has 0 spiro atoms. The lowest BCUT2D eigenvalue weighted by Crippen LogP contribution is -2.15. The van der Waals surface area contributed by atoms with Crippen molar-refractivity contribution in [2.75, 3.05) is 5.75 Å². The summed E-state index contributed by atoms with van der Waals surface area (Å²) in [5, 5.41) is 9.44. The average molecular weight is 264 g/mol. The molecule has 0 radical (unpaired) electrons. The highest BCUT2D eigenvalue weighted by Gasteiger charge is 2.21. The van der Waals surface area contributed by atoms with Gasteiger partial charge in [0, 0.05) is 10.6 Å². The molecule has 19 heavy (non-hydrogen) atoms. The summed E-state index contributed by atoms with van der Waals surface area (Å²) in [5.74, 6) is 0.534. The molecule has 1 unspecified atom stereocenters. The van der Waals surface area contributed by atoms with Crippen LogP contribution in [-0.2, 0) is 0 Å². The highest BCUT2D eigenvalue weighted by molar-refractivity contribution is 8.00. The van der Waals surface area contributed by atoms with Crippen LogP contribution in [0.1, 0.15) is 11.5 Å². The molecule has 3 rings (SSSR count). The van der Waals surface area contributed by atoms with Gasteiger partial charge in [-0.2, -0.15) is 5.26 Å². The molecule has 2 aromatic rings. The molecule has 1 aliphatic rings.